The van der Waals surface area contributed by atoms with Crippen molar-refractivity contribution in [2.24, 2.45) is 0 Å². The van der Waals surface area contributed by atoms with Crippen molar-refractivity contribution in [1.82, 2.24) is 9.21 Å². The summed E-state index contributed by atoms with van der Waals surface area (Å²) in [4.78, 5) is 2.91. The SMILES string of the molecule is CC1CN(S(=O)(=O)c2ccc3c(c2)CCC3)CC(C)N1CCc1ccccc1. The van der Waals surface area contributed by atoms with Crippen molar-refractivity contribution in [2.45, 2.75) is 56.5 Å². The predicted octanol–water partition coefficient (Wildman–Crippen LogP) is 3.50. The van der Waals surface area contributed by atoms with Gasteiger partial charge in [0.15, 0.2) is 0 Å². The molecule has 0 radical (unpaired) electrons. The minimum Gasteiger partial charge on any atom is -0.295 e. The first kappa shape index (κ1) is 19.6. The van der Waals surface area contributed by atoms with Gasteiger partial charge in [0.2, 0.25) is 10.0 Å². The fourth-order valence-electron chi connectivity index (χ4n) is 4.71. The molecule has 1 aliphatic carbocycles. The average Bonchev–Trinajstić information content (AvgIpc) is 3.16. The standard InChI is InChI=1S/C23H30N2O2S/c1-18-16-24(17-19(2)25(18)14-13-20-7-4-3-5-8-20)28(26,27)23-12-11-21-9-6-10-22(21)15-23/h3-5,7-8,11-12,15,18-19H,6,9-10,13-14,16-17H2,1-2H3. The summed E-state index contributed by atoms with van der Waals surface area (Å²) in [7, 11) is -3.43. The average molecular weight is 399 g/mol. The number of benzene rings is 2. The summed E-state index contributed by atoms with van der Waals surface area (Å²) in [6.45, 7) is 6.36. The van der Waals surface area contributed by atoms with Crippen LogP contribution < -0.4 is 0 Å². The molecule has 28 heavy (non-hydrogen) atoms. The molecule has 2 unspecified atom stereocenters. The number of rotatable bonds is 5. The lowest BCUT2D eigenvalue weighted by atomic mass is 10.1. The molecular weight excluding hydrogens is 368 g/mol. The van der Waals surface area contributed by atoms with Crippen LogP contribution in [0.1, 0.15) is 37.0 Å². The first-order chi connectivity index (χ1) is 13.4. The zero-order valence-corrected chi connectivity index (χ0v) is 17.7. The van der Waals surface area contributed by atoms with E-state index in [-0.39, 0.29) is 12.1 Å². The Morgan fingerprint density at radius 2 is 1.61 bits per heavy atom. The zero-order chi connectivity index (χ0) is 19.7. The molecule has 1 heterocycles. The lowest BCUT2D eigenvalue weighted by Gasteiger charge is -2.43. The molecule has 2 aliphatic rings. The highest BCUT2D eigenvalue weighted by Gasteiger charge is 2.36. The van der Waals surface area contributed by atoms with Crippen molar-refractivity contribution in [3.8, 4) is 0 Å². The Morgan fingerprint density at radius 1 is 0.929 bits per heavy atom. The number of sulfonamides is 1. The summed E-state index contributed by atoms with van der Waals surface area (Å²) in [5, 5.41) is 0. The normalized spacial score (nSPS) is 23.6. The molecule has 2 aromatic rings. The highest BCUT2D eigenvalue weighted by atomic mass is 32.2. The van der Waals surface area contributed by atoms with Crippen LogP contribution in [0, 0.1) is 0 Å². The molecule has 1 fully saturated rings. The van der Waals surface area contributed by atoms with Crippen molar-refractivity contribution < 1.29 is 8.42 Å². The van der Waals surface area contributed by atoms with Crippen molar-refractivity contribution in [2.75, 3.05) is 19.6 Å². The molecular formula is C23H30N2O2S. The Morgan fingerprint density at radius 3 is 2.32 bits per heavy atom. The Bertz CT molecular complexity index is 915. The van der Waals surface area contributed by atoms with Crippen LogP contribution in [-0.2, 0) is 29.3 Å². The van der Waals surface area contributed by atoms with E-state index in [1.807, 2.05) is 18.2 Å². The fourth-order valence-corrected chi connectivity index (χ4v) is 6.36. The van der Waals surface area contributed by atoms with Crippen molar-refractivity contribution in [3.63, 3.8) is 0 Å². The van der Waals surface area contributed by atoms with Crippen LogP contribution in [0.3, 0.4) is 0 Å². The highest BCUT2D eigenvalue weighted by molar-refractivity contribution is 7.89. The van der Waals surface area contributed by atoms with E-state index < -0.39 is 10.0 Å². The Hall–Kier alpha value is -1.69. The molecule has 4 rings (SSSR count). The van der Waals surface area contributed by atoms with Gasteiger partial charge in [-0.3, -0.25) is 4.90 Å². The lowest BCUT2D eigenvalue weighted by molar-refractivity contribution is 0.0784. The molecule has 0 aromatic heterocycles. The molecule has 4 nitrogen and oxygen atoms in total. The van der Waals surface area contributed by atoms with Crippen LogP contribution in [-0.4, -0.2) is 49.3 Å². The lowest BCUT2D eigenvalue weighted by Crippen LogP contribution is -2.58. The second-order valence-corrected chi connectivity index (χ2v) is 10.2. The Balaban J connectivity index is 1.46. The fraction of sp³-hybridized carbons (Fsp3) is 0.478. The topological polar surface area (TPSA) is 40.6 Å². The smallest absolute Gasteiger partial charge is 0.243 e. The van der Waals surface area contributed by atoms with Crippen LogP contribution in [0.5, 0.6) is 0 Å². The molecule has 0 N–H and O–H groups in total. The molecule has 1 aliphatic heterocycles. The second kappa shape index (κ2) is 7.97. The van der Waals surface area contributed by atoms with Gasteiger partial charge in [0.1, 0.15) is 0 Å². The first-order valence-electron chi connectivity index (χ1n) is 10.4. The number of piperazine rings is 1. The van der Waals surface area contributed by atoms with Crippen LogP contribution >= 0.6 is 0 Å². The Labute approximate surface area is 169 Å². The molecule has 1 saturated heterocycles. The minimum absolute atomic E-state index is 0.205. The van der Waals surface area contributed by atoms with Gasteiger partial charge in [-0.25, -0.2) is 8.42 Å². The molecule has 150 valence electrons. The maximum Gasteiger partial charge on any atom is 0.243 e. The molecule has 0 spiro atoms. The zero-order valence-electron chi connectivity index (χ0n) is 16.8. The van der Waals surface area contributed by atoms with Gasteiger partial charge in [0.05, 0.1) is 4.90 Å². The maximum atomic E-state index is 13.3. The monoisotopic (exact) mass is 398 g/mol. The summed E-state index contributed by atoms with van der Waals surface area (Å²) < 4.78 is 28.2. The van der Waals surface area contributed by atoms with Crippen LogP contribution in [0.2, 0.25) is 0 Å². The summed E-state index contributed by atoms with van der Waals surface area (Å²) in [5.74, 6) is 0. The number of hydrogen-bond acceptors (Lipinski definition) is 3. The van der Waals surface area contributed by atoms with Gasteiger partial charge in [-0.05, 0) is 68.4 Å². The van der Waals surface area contributed by atoms with Gasteiger partial charge in [-0.1, -0.05) is 36.4 Å². The van der Waals surface area contributed by atoms with Gasteiger partial charge < -0.3 is 0 Å². The van der Waals surface area contributed by atoms with E-state index in [9.17, 15) is 8.42 Å². The molecule has 0 bridgehead atoms. The third-order valence-electron chi connectivity index (χ3n) is 6.28. The van der Waals surface area contributed by atoms with Crippen LogP contribution in [0.4, 0.5) is 0 Å². The summed E-state index contributed by atoms with van der Waals surface area (Å²) in [6.07, 6.45) is 4.20. The van der Waals surface area contributed by atoms with Gasteiger partial charge >= 0.3 is 0 Å². The summed E-state index contributed by atoms with van der Waals surface area (Å²) in [6, 6.07) is 16.6. The van der Waals surface area contributed by atoms with E-state index in [0.717, 1.165) is 32.2 Å². The second-order valence-electron chi connectivity index (χ2n) is 8.28. The predicted molar refractivity (Wildman–Crippen MR) is 113 cm³/mol. The Kier molecular flexibility index (Phi) is 5.59. The third kappa shape index (κ3) is 3.88. The van der Waals surface area contributed by atoms with Gasteiger partial charge in [0.25, 0.3) is 0 Å². The maximum absolute atomic E-state index is 13.3. The minimum atomic E-state index is -3.43. The molecule has 2 atom stereocenters. The van der Waals surface area contributed by atoms with E-state index in [0.29, 0.717) is 18.0 Å². The van der Waals surface area contributed by atoms with E-state index in [4.69, 9.17) is 0 Å². The number of hydrogen-bond donors (Lipinski definition) is 0. The van der Waals surface area contributed by atoms with Gasteiger partial charge in [-0.15, -0.1) is 0 Å². The van der Waals surface area contributed by atoms with Crippen molar-refractivity contribution >= 4 is 10.0 Å². The first-order valence-corrected chi connectivity index (χ1v) is 11.8. The molecule has 2 aromatic carbocycles. The largest absolute Gasteiger partial charge is 0.295 e. The molecule has 0 saturated carbocycles. The van der Waals surface area contributed by atoms with E-state index in [1.165, 1.54) is 16.7 Å². The van der Waals surface area contributed by atoms with E-state index in [1.54, 1.807) is 10.4 Å². The van der Waals surface area contributed by atoms with Crippen LogP contribution in [0.15, 0.2) is 53.4 Å². The van der Waals surface area contributed by atoms with Gasteiger partial charge in [-0.2, -0.15) is 4.31 Å². The van der Waals surface area contributed by atoms with Crippen molar-refractivity contribution in [3.05, 3.63) is 65.2 Å². The highest BCUT2D eigenvalue weighted by Crippen LogP contribution is 2.28. The summed E-state index contributed by atoms with van der Waals surface area (Å²) >= 11 is 0. The van der Waals surface area contributed by atoms with E-state index in [2.05, 4.69) is 43.0 Å². The number of nitrogens with zero attached hydrogens (tertiary/aromatic N) is 2. The quantitative estimate of drug-likeness (QED) is 0.774. The third-order valence-corrected chi connectivity index (χ3v) is 8.10. The van der Waals surface area contributed by atoms with Crippen LogP contribution in [0.25, 0.3) is 0 Å². The number of fused-ring (bicyclic) bond motifs is 1. The molecule has 5 heteroatoms. The molecule has 0 amide bonds. The number of aryl methyl sites for hydroxylation is 2. The van der Waals surface area contributed by atoms with E-state index >= 15 is 0 Å². The summed E-state index contributed by atoms with van der Waals surface area (Å²) in [5.41, 5.74) is 3.85. The van der Waals surface area contributed by atoms with Crippen molar-refractivity contribution in [1.29, 1.82) is 0 Å². The van der Waals surface area contributed by atoms with Gasteiger partial charge in [0, 0.05) is 31.7 Å².